The number of hydrogen-bond acceptors (Lipinski definition) is 2. The first kappa shape index (κ1) is 27.2. The average molecular weight is 452 g/mol. The zero-order valence-corrected chi connectivity index (χ0v) is 20.0. The van der Waals surface area contributed by atoms with Crippen molar-refractivity contribution < 1.29 is 13.2 Å². The first-order chi connectivity index (χ1) is 14.9. The fourth-order valence-electron chi connectivity index (χ4n) is 3.77. The Kier molecular flexibility index (Phi) is 12.5. The summed E-state index contributed by atoms with van der Waals surface area (Å²) >= 11 is 1.85. The number of benzene rings is 2. The van der Waals surface area contributed by atoms with E-state index in [9.17, 15) is 13.2 Å². The predicted octanol–water partition coefficient (Wildman–Crippen LogP) is 7.84. The fraction of sp³-hybridized carbons (Fsp3) is 0.462. The molecule has 0 spiro atoms. The van der Waals surface area contributed by atoms with Gasteiger partial charge >= 0.3 is 6.18 Å². The molecule has 1 atom stereocenters. The topological polar surface area (TPSA) is 12.0 Å². The van der Waals surface area contributed by atoms with Gasteiger partial charge in [-0.2, -0.15) is 24.9 Å². The van der Waals surface area contributed by atoms with E-state index in [4.69, 9.17) is 0 Å². The predicted molar refractivity (Wildman–Crippen MR) is 130 cm³/mol. The molecule has 2 aromatic carbocycles. The van der Waals surface area contributed by atoms with E-state index in [1.807, 2.05) is 25.6 Å². The van der Waals surface area contributed by atoms with Gasteiger partial charge in [-0.05, 0) is 78.3 Å². The lowest BCUT2D eigenvalue weighted by Gasteiger charge is -2.23. The smallest absolute Gasteiger partial charge is 0.391 e. The Morgan fingerprint density at radius 3 is 2.29 bits per heavy atom. The molecule has 0 aliphatic rings. The maximum atomic E-state index is 12.9. The van der Waals surface area contributed by atoms with E-state index in [2.05, 4.69) is 43.3 Å². The van der Waals surface area contributed by atoms with Gasteiger partial charge in [0.2, 0.25) is 0 Å². The van der Waals surface area contributed by atoms with Crippen LogP contribution in [-0.4, -0.2) is 18.6 Å². The third-order valence-corrected chi connectivity index (χ3v) is 5.89. The molecule has 2 aromatic rings. The Hall–Kier alpha value is -1.88. The van der Waals surface area contributed by atoms with E-state index in [1.165, 1.54) is 28.8 Å². The van der Waals surface area contributed by atoms with Crippen molar-refractivity contribution in [3.8, 4) is 0 Å². The van der Waals surface area contributed by atoms with Crippen LogP contribution in [0.25, 0.3) is 0 Å². The van der Waals surface area contributed by atoms with Gasteiger partial charge in [-0.15, -0.1) is 0 Å². The lowest BCUT2D eigenvalue weighted by molar-refractivity contribution is -0.137. The number of hydrogen-bond donors (Lipinski definition) is 1. The molecule has 0 bridgehead atoms. The Morgan fingerprint density at radius 2 is 1.74 bits per heavy atom. The van der Waals surface area contributed by atoms with Gasteiger partial charge in [0.1, 0.15) is 0 Å². The highest BCUT2D eigenvalue weighted by Crippen LogP contribution is 2.35. The zero-order valence-electron chi connectivity index (χ0n) is 19.2. The normalized spacial score (nSPS) is 12.0. The van der Waals surface area contributed by atoms with Crippen molar-refractivity contribution in [3.63, 3.8) is 0 Å². The Morgan fingerprint density at radius 1 is 1.06 bits per heavy atom. The number of nitrogens with one attached hydrogen (secondary N) is 1. The van der Waals surface area contributed by atoms with Crippen LogP contribution in [0.1, 0.15) is 67.3 Å². The summed E-state index contributed by atoms with van der Waals surface area (Å²) in [6.45, 7) is 10.6. The molecule has 0 saturated carbocycles. The second kappa shape index (κ2) is 14.2. The van der Waals surface area contributed by atoms with Crippen LogP contribution in [0.5, 0.6) is 0 Å². The first-order valence-corrected chi connectivity index (χ1v) is 12.4. The van der Waals surface area contributed by atoms with Crippen molar-refractivity contribution in [2.45, 2.75) is 58.5 Å². The highest BCUT2D eigenvalue weighted by molar-refractivity contribution is 7.98. The summed E-state index contributed by atoms with van der Waals surface area (Å²) in [7, 11) is 0. The molecular weight excluding hydrogens is 415 g/mol. The van der Waals surface area contributed by atoms with E-state index < -0.39 is 11.7 Å². The van der Waals surface area contributed by atoms with Crippen molar-refractivity contribution in [1.82, 2.24) is 5.32 Å². The number of rotatable bonds is 11. The van der Waals surface area contributed by atoms with Gasteiger partial charge < -0.3 is 5.32 Å². The minimum absolute atomic E-state index is 0.0801. The highest BCUT2D eigenvalue weighted by atomic mass is 32.2. The van der Waals surface area contributed by atoms with Gasteiger partial charge in [0.25, 0.3) is 0 Å². The molecule has 2 rings (SSSR count). The van der Waals surface area contributed by atoms with Gasteiger partial charge in [0, 0.05) is 12.5 Å². The standard InChI is InChI=1S/C24H30F3NS.C2H6/c1-4-21(19-11-13-20(14-12-19)24(25,26)27)23-10-6-8-18(9-7-17-29-3)22(23)15-16-28-5-2;1-2/h5-6,8,10-14,21,28H,2,4,7,9,15-17H2,1,3H3;1-2H3. The largest absolute Gasteiger partial charge is 0.416 e. The van der Waals surface area contributed by atoms with Crippen molar-refractivity contribution in [1.29, 1.82) is 0 Å². The monoisotopic (exact) mass is 451 g/mol. The molecule has 31 heavy (non-hydrogen) atoms. The Labute approximate surface area is 190 Å². The molecule has 1 nitrogen and oxygen atoms in total. The second-order valence-corrected chi connectivity index (χ2v) is 8.06. The molecule has 1 unspecified atom stereocenters. The lowest BCUT2D eigenvalue weighted by atomic mass is 9.82. The highest BCUT2D eigenvalue weighted by Gasteiger charge is 2.30. The van der Waals surface area contributed by atoms with E-state index in [0.29, 0.717) is 0 Å². The van der Waals surface area contributed by atoms with E-state index in [-0.39, 0.29) is 5.92 Å². The summed E-state index contributed by atoms with van der Waals surface area (Å²) in [4.78, 5) is 0. The van der Waals surface area contributed by atoms with Crippen molar-refractivity contribution in [3.05, 3.63) is 83.1 Å². The molecule has 0 radical (unpaired) electrons. The molecule has 0 heterocycles. The third-order valence-electron chi connectivity index (χ3n) is 5.19. The molecule has 0 saturated heterocycles. The quantitative estimate of drug-likeness (QED) is 0.349. The van der Waals surface area contributed by atoms with Crippen molar-refractivity contribution in [2.75, 3.05) is 18.6 Å². The van der Waals surface area contributed by atoms with Gasteiger partial charge in [-0.1, -0.05) is 57.7 Å². The van der Waals surface area contributed by atoms with Gasteiger partial charge in [-0.25, -0.2) is 0 Å². The zero-order chi connectivity index (χ0) is 23.3. The van der Waals surface area contributed by atoms with E-state index in [0.717, 1.165) is 43.5 Å². The average Bonchev–Trinajstić information content (AvgIpc) is 2.77. The van der Waals surface area contributed by atoms with Crippen LogP contribution in [0.4, 0.5) is 13.2 Å². The maximum Gasteiger partial charge on any atom is 0.416 e. The van der Waals surface area contributed by atoms with Gasteiger partial charge in [-0.3, -0.25) is 0 Å². The minimum Gasteiger partial charge on any atom is -0.391 e. The molecular formula is C26H36F3NS. The van der Waals surface area contributed by atoms with Gasteiger partial charge in [0.15, 0.2) is 0 Å². The molecule has 0 aromatic heterocycles. The summed E-state index contributed by atoms with van der Waals surface area (Å²) in [5, 5.41) is 3.17. The number of aryl methyl sites for hydroxylation is 1. The van der Waals surface area contributed by atoms with Crippen LogP contribution in [0, 0.1) is 0 Å². The fourth-order valence-corrected chi connectivity index (χ4v) is 4.20. The number of alkyl halides is 3. The van der Waals surface area contributed by atoms with Crippen LogP contribution in [0.15, 0.2) is 55.2 Å². The molecule has 5 heteroatoms. The third kappa shape index (κ3) is 8.29. The van der Waals surface area contributed by atoms with Crippen LogP contribution < -0.4 is 5.32 Å². The van der Waals surface area contributed by atoms with Crippen molar-refractivity contribution >= 4 is 11.8 Å². The summed E-state index contributed by atoms with van der Waals surface area (Å²) < 4.78 is 38.8. The first-order valence-electron chi connectivity index (χ1n) is 11.0. The molecule has 0 amide bonds. The molecule has 172 valence electrons. The molecule has 0 aliphatic carbocycles. The Balaban J connectivity index is 0.00000233. The SMILES string of the molecule is C=CNCCc1c(CCCSC)cccc1C(CC)c1ccc(C(F)(F)F)cc1.CC. The molecule has 1 N–H and O–H groups in total. The van der Waals surface area contributed by atoms with Crippen LogP contribution in [0.3, 0.4) is 0 Å². The summed E-state index contributed by atoms with van der Waals surface area (Å²) in [5.41, 5.74) is 4.21. The molecule has 0 aliphatic heterocycles. The van der Waals surface area contributed by atoms with Crippen molar-refractivity contribution in [2.24, 2.45) is 0 Å². The molecule has 0 fully saturated rings. The summed E-state index contributed by atoms with van der Waals surface area (Å²) in [5.74, 6) is 1.20. The van der Waals surface area contributed by atoms with E-state index >= 15 is 0 Å². The van der Waals surface area contributed by atoms with Gasteiger partial charge in [0.05, 0.1) is 5.56 Å². The minimum atomic E-state index is -4.31. The number of thioether (sulfide) groups is 1. The van der Waals surface area contributed by atoms with Crippen LogP contribution in [0.2, 0.25) is 0 Å². The summed E-state index contributed by atoms with van der Waals surface area (Å²) in [6, 6.07) is 12.0. The van der Waals surface area contributed by atoms with Crippen LogP contribution >= 0.6 is 11.8 Å². The Bertz CT molecular complexity index is 769. The van der Waals surface area contributed by atoms with E-state index in [1.54, 1.807) is 18.3 Å². The van der Waals surface area contributed by atoms with Crippen LogP contribution in [-0.2, 0) is 19.0 Å². The lowest BCUT2D eigenvalue weighted by Crippen LogP contribution is -2.14. The second-order valence-electron chi connectivity index (χ2n) is 7.07. The number of halogens is 3. The maximum absolute atomic E-state index is 12.9. The summed E-state index contributed by atoms with van der Waals surface area (Å²) in [6.07, 6.45) is 3.34.